The number of allylic oxidation sites excluding steroid dienone is 4. The molecular formula is C58H111NO5. The average Bonchev–Trinajstić information content (AvgIpc) is 3.29. The van der Waals surface area contributed by atoms with Crippen molar-refractivity contribution in [3.8, 4) is 0 Å². The Bertz CT molecular complexity index is 1010. The van der Waals surface area contributed by atoms with Gasteiger partial charge in [-0.15, -0.1) is 0 Å². The van der Waals surface area contributed by atoms with Crippen LogP contribution in [0.3, 0.4) is 0 Å². The number of carbonyl (C=O) groups excluding carboxylic acids is 2. The van der Waals surface area contributed by atoms with Gasteiger partial charge in [0.15, 0.2) is 0 Å². The first kappa shape index (κ1) is 62.3. The maximum Gasteiger partial charge on any atom is 0.306 e. The molecule has 0 aromatic heterocycles. The summed E-state index contributed by atoms with van der Waals surface area (Å²) in [4.78, 5) is 26.2. The fourth-order valence-corrected chi connectivity index (χ4v) is 9.00. The number of amides is 1. The molecule has 0 spiro atoms. The van der Waals surface area contributed by atoms with Crippen molar-refractivity contribution in [3.63, 3.8) is 0 Å². The first-order chi connectivity index (χ1) is 31.5. The largest absolute Gasteiger partial charge is 0.462 e. The summed E-state index contributed by atoms with van der Waals surface area (Å²) >= 11 is 0. The number of hydrogen-bond donors (Lipinski definition) is 3. The standard InChI is InChI=1S/C58H111NO5/c1-4-7-10-13-16-19-22-25-28-30-32-35-38-41-44-47-50-56(61)55(53-60)59-57(62)52-54(49-46-43-40-37-34-31-29-26-23-20-17-14-11-8-5-2)64-58(63)51-48-45-42-39-36-33-27-24-21-18-15-12-9-6-3/h9,12,18,21,54-56,60-61H,4-8,10-11,13-17,19-20,22-53H2,1-3H3,(H,59,62)/b12-9+,21-18+. The number of nitrogens with one attached hydrogen (secondary N) is 1. The smallest absolute Gasteiger partial charge is 0.306 e. The molecule has 0 heterocycles. The Morgan fingerprint density at radius 1 is 0.469 bits per heavy atom. The van der Waals surface area contributed by atoms with E-state index < -0.39 is 18.2 Å². The third-order valence-corrected chi connectivity index (χ3v) is 13.3. The lowest BCUT2D eigenvalue weighted by Crippen LogP contribution is -2.46. The maximum atomic E-state index is 13.3. The van der Waals surface area contributed by atoms with Crippen molar-refractivity contribution in [1.29, 1.82) is 0 Å². The van der Waals surface area contributed by atoms with Crippen LogP contribution in [-0.4, -0.2) is 46.9 Å². The molecule has 6 heteroatoms. The third-order valence-electron chi connectivity index (χ3n) is 13.3. The molecule has 3 atom stereocenters. The minimum Gasteiger partial charge on any atom is -0.462 e. The van der Waals surface area contributed by atoms with Gasteiger partial charge >= 0.3 is 5.97 Å². The highest BCUT2D eigenvalue weighted by Crippen LogP contribution is 2.19. The molecule has 6 nitrogen and oxygen atoms in total. The van der Waals surface area contributed by atoms with Crippen LogP contribution in [0.4, 0.5) is 0 Å². The van der Waals surface area contributed by atoms with Gasteiger partial charge in [-0.2, -0.15) is 0 Å². The van der Waals surface area contributed by atoms with Crippen LogP contribution in [0.2, 0.25) is 0 Å². The van der Waals surface area contributed by atoms with Crippen LogP contribution in [0, 0.1) is 0 Å². The highest BCUT2D eigenvalue weighted by atomic mass is 16.5. The van der Waals surface area contributed by atoms with E-state index in [1.54, 1.807) is 0 Å². The minimum atomic E-state index is -0.785. The molecule has 0 saturated heterocycles. The van der Waals surface area contributed by atoms with Crippen molar-refractivity contribution >= 4 is 11.9 Å². The first-order valence-corrected chi connectivity index (χ1v) is 28.6. The summed E-state index contributed by atoms with van der Waals surface area (Å²) in [7, 11) is 0. The van der Waals surface area contributed by atoms with Gasteiger partial charge in [0.1, 0.15) is 6.10 Å². The fourth-order valence-electron chi connectivity index (χ4n) is 9.00. The van der Waals surface area contributed by atoms with Gasteiger partial charge in [0.05, 0.1) is 25.2 Å². The number of aliphatic hydroxyl groups excluding tert-OH is 2. The number of hydrogen-bond acceptors (Lipinski definition) is 5. The Labute approximate surface area is 399 Å². The zero-order valence-corrected chi connectivity index (χ0v) is 43.2. The summed E-state index contributed by atoms with van der Waals surface area (Å²) in [5.41, 5.74) is 0. The van der Waals surface area contributed by atoms with Crippen molar-refractivity contribution in [2.24, 2.45) is 0 Å². The lowest BCUT2D eigenvalue weighted by Gasteiger charge is -2.24. The van der Waals surface area contributed by atoms with Crippen molar-refractivity contribution < 1.29 is 24.5 Å². The second-order valence-electron chi connectivity index (χ2n) is 19.7. The molecule has 64 heavy (non-hydrogen) atoms. The zero-order chi connectivity index (χ0) is 46.7. The number of aliphatic hydroxyl groups is 2. The van der Waals surface area contributed by atoms with E-state index in [1.807, 2.05) is 0 Å². The first-order valence-electron chi connectivity index (χ1n) is 28.6. The van der Waals surface area contributed by atoms with E-state index in [2.05, 4.69) is 50.4 Å². The Hall–Kier alpha value is -1.66. The molecule has 0 aliphatic carbocycles. The van der Waals surface area contributed by atoms with Crippen molar-refractivity contribution in [1.82, 2.24) is 5.32 Å². The van der Waals surface area contributed by atoms with Crippen LogP contribution in [-0.2, 0) is 14.3 Å². The lowest BCUT2D eigenvalue weighted by atomic mass is 10.0. The maximum absolute atomic E-state index is 13.3. The molecule has 0 bridgehead atoms. The lowest BCUT2D eigenvalue weighted by molar-refractivity contribution is -0.151. The monoisotopic (exact) mass is 902 g/mol. The van der Waals surface area contributed by atoms with Gasteiger partial charge in [-0.1, -0.05) is 270 Å². The molecule has 0 aromatic rings. The number of unbranched alkanes of at least 4 members (excludes halogenated alkanes) is 36. The van der Waals surface area contributed by atoms with Crippen LogP contribution in [0.15, 0.2) is 24.3 Å². The molecule has 0 fully saturated rings. The van der Waals surface area contributed by atoms with Gasteiger partial charge in [0.25, 0.3) is 0 Å². The summed E-state index contributed by atoms with van der Waals surface area (Å²) in [6, 6.07) is -0.699. The van der Waals surface area contributed by atoms with E-state index in [9.17, 15) is 19.8 Å². The molecule has 0 aliphatic rings. The second kappa shape index (κ2) is 52.3. The quantitative estimate of drug-likeness (QED) is 0.0321. The Balaban J connectivity index is 4.50. The molecule has 3 unspecified atom stereocenters. The van der Waals surface area contributed by atoms with Crippen LogP contribution in [0.25, 0.3) is 0 Å². The highest BCUT2D eigenvalue weighted by molar-refractivity contribution is 5.77. The average molecular weight is 903 g/mol. The Morgan fingerprint density at radius 2 is 0.844 bits per heavy atom. The number of rotatable bonds is 52. The van der Waals surface area contributed by atoms with Crippen molar-refractivity contribution in [2.45, 2.75) is 328 Å². The highest BCUT2D eigenvalue weighted by Gasteiger charge is 2.24. The molecule has 3 N–H and O–H groups in total. The van der Waals surface area contributed by atoms with Gasteiger partial charge in [-0.05, 0) is 51.4 Å². The van der Waals surface area contributed by atoms with Gasteiger partial charge < -0.3 is 20.3 Å². The summed E-state index contributed by atoms with van der Waals surface area (Å²) in [6.07, 6.45) is 61.0. The molecule has 0 radical (unpaired) electrons. The van der Waals surface area contributed by atoms with Gasteiger partial charge in [-0.3, -0.25) is 9.59 Å². The predicted octanol–water partition coefficient (Wildman–Crippen LogP) is 17.5. The molecule has 0 rings (SSSR count). The Morgan fingerprint density at radius 3 is 1.27 bits per heavy atom. The van der Waals surface area contributed by atoms with E-state index >= 15 is 0 Å². The predicted molar refractivity (Wildman–Crippen MR) is 278 cm³/mol. The van der Waals surface area contributed by atoms with E-state index in [0.717, 1.165) is 64.2 Å². The Kier molecular flexibility index (Phi) is 51.0. The molecule has 1 amide bonds. The summed E-state index contributed by atoms with van der Waals surface area (Å²) in [6.45, 7) is 6.42. The van der Waals surface area contributed by atoms with E-state index in [0.29, 0.717) is 19.3 Å². The number of ether oxygens (including phenoxy) is 1. The number of esters is 1. The van der Waals surface area contributed by atoms with E-state index in [-0.39, 0.29) is 24.9 Å². The van der Waals surface area contributed by atoms with Crippen molar-refractivity contribution in [2.75, 3.05) is 6.61 Å². The van der Waals surface area contributed by atoms with Crippen LogP contribution in [0.1, 0.15) is 310 Å². The van der Waals surface area contributed by atoms with Gasteiger partial charge in [-0.25, -0.2) is 0 Å². The number of carbonyl (C=O) groups is 2. The molecular weight excluding hydrogens is 791 g/mol. The molecule has 0 aliphatic heterocycles. The van der Waals surface area contributed by atoms with E-state index in [1.165, 1.54) is 199 Å². The molecule has 0 saturated carbocycles. The molecule has 378 valence electrons. The minimum absolute atomic E-state index is 0.0806. The second-order valence-corrected chi connectivity index (χ2v) is 19.7. The molecule has 0 aromatic carbocycles. The summed E-state index contributed by atoms with van der Waals surface area (Å²) in [5, 5.41) is 23.9. The van der Waals surface area contributed by atoms with Crippen LogP contribution in [0.5, 0.6) is 0 Å². The van der Waals surface area contributed by atoms with Crippen molar-refractivity contribution in [3.05, 3.63) is 24.3 Å². The van der Waals surface area contributed by atoms with E-state index in [4.69, 9.17) is 4.74 Å². The third kappa shape index (κ3) is 46.9. The SMILES string of the molecule is CC/C=C/C/C=C/CCCCCCCCCC(=O)OC(CCCCCCCCCCCCCCCCC)CC(=O)NC(CO)C(O)CCCCCCCCCCCCCCCCCC. The fraction of sp³-hybridized carbons (Fsp3) is 0.897. The van der Waals surface area contributed by atoms with Gasteiger partial charge in [0, 0.05) is 6.42 Å². The topological polar surface area (TPSA) is 95.9 Å². The summed E-state index contributed by atoms with van der Waals surface area (Å²) in [5.74, 6) is -0.464. The van der Waals surface area contributed by atoms with Crippen LogP contribution < -0.4 is 5.32 Å². The van der Waals surface area contributed by atoms with Gasteiger partial charge in [0.2, 0.25) is 5.91 Å². The normalized spacial score (nSPS) is 13.3. The zero-order valence-electron chi connectivity index (χ0n) is 43.2. The summed E-state index contributed by atoms with van der Waals surface area (Å²) < 4.78 is 5.96. The van der Waals surface area contributed by atoms with Crippen LogP contribution >= 0.6 is 0 Å².